The number of aryl methyl sites for hydroxylation is 1. The van der Waals surface area contributed by atoms with Crippen molar-refractivity contribution in [3.8, 4) is 0 Å². The first-order valence-corrected chi connectivity index (χ1v) is 6.80. The molecule has 2 unspecified atom stereocenters. The van der Waals surface area contributed by atoms with Gasteiger partial charge in [-0.15, -0.1) is 0 Å². The van der Waals surface area contributed by atoms with E-state index in [4.69, 9.17) is 15.0 Å². The zero-order valence-electron chi connectivity index (χ0n) is 11.7. The van der Waals surface area contributed by atoms with Crippen molar-refractivity contribution in [1.29, 1.82) is 0 Å². The van der Waals surface area contributed by atoms with Crippen LogP contribution >= 0.6 is 0 Å². The fourth-order valence-corrected chi connectivity index (χ4v) is 2.07. The molecular weight excluding hydrogens is 230 g/mol. The summed E-state index contributed by atoms with van der Waals surface area (Å²) in [6.07, 6.45) is 4.87. The van der Waals surface area contributed by atoms with Crippen LogP contribution in [-0.2, 0) is 11.2 Å². The first kappa shape index (κ1) is 15.1. The van der Waals surface area contributed by atoms with Crippen LogP contribution in [0.5, 0.6) is 0 Å². The molecule has 0 bridgehead atoms. The second-order valence-electron chi connectivity index (χ2n) is 4.57. The van der Waals surface area contributed by atoms with Gasteiger partial charge in [-0.3, -0.25) is 0 Å². The summed E-state index contributed by atoms with van der Waals surface area (Å²) in [5, 5.41) is 3.97. The van der Waals surface area contributed by atoms with E-state index in [1.165, 1.54) is 0 Å². The van der Waals surface area contributed by atoms with Crippen molar-refractivity contribution in [2.45, 2.75) is 52.1 Å². The average Bonchev–Trinajstić information content (AvgIpc) is 2.85. The number of rotatable bonds is 9. The van der Waals surface area contributed by atoms with Crippen LogP contribution in [0, 0.1) is 5.92 Å². The predicted molar refractivity (Wildman–Crippen MR) is 70.1 cm³/mol. The molecule has 0 amide bonds. The molecule has 1 rings (SSSR count). The van der Waals surface area contributed by atoms with E-state index in [0.29, 0.717) is 17.6 Å². The number of hydrogen-bond donors (Lipinski definition) is 1. The molecule has 18 heavy (non-hydrogen) atoms. The second-order valence-corrected chi connectivity index (χ2v) is 4.57. The Bertz CT molecular complexity index is 324. The van der Waals surface area contributed by atoms with Gasteiger partial charge in [-0.05, 0) is 31.7 Å². The Kier molecular flexibility index (Phi) is 6.90. The van der Waals surface area contributed by atoms with Crippen molar-refractivity contribution in [2.24, 2.45) is 11.7 Å². The van der Waals surface area contributed by atoms with Gasteiger partial charge < -0.3 is 15.0 Å². The van der Waals surface area contributed by atoms with Crippen LogP contribution < -0.4 is 5.73 Å². The van der Waals surface area contributed by atoms with Crippen molar-refractivity contribution in [3.63, 3.8) is 0 Å². The summed E-state index contributed by atoms with van der Waals surface area (Å²) in [5.74, 6) is 2.01. The van der Waals surface area contributed by atoms with Gasteiger partial charge in [0.25, 0.3) is 0 Å². The zero-order chi connectivity index (χ0) is 13.4. The van der Waals surface area contributed by atoms with E-state index in [0.717, 1.165) is 38.6 Å². The normalized spacial score (nSPS) is 14.7. The average molecular weight is 255 g/mol. The Morgan fingerprint density at radius 2 is 2.06 bits per heavy atom. The first-order valence-electron chi connectivity index (χ1n) is 6.80. The number of nitrogens with zero attached hydrogens (tertiary/aromatic N) is 2. The molecule has 1 heterocycles. The zero-order valence-corrected chi connectivity index (χ0v) is 11.7. The summed E-state index contributed by atoms with van der Waals surface area (Å²) in [6.45, 7) is 4.98. The molecule has 0 aliphatic carbocycles. The van der Waals surface area contributed by atoms with E-state index in [-0.39, 0.29) is 6.10 Å². The van der Waals surface area contributed by atoms with Crippen molar-refractivity contribution in [3.05, 3.63) is 11.7 Å². The smallest absolute Gasteiger partial charge is 0.226 e. The number of hydrogen-bond acceptors (Lipinski definition) is 5. The third kappa shape index (κ3) is 4.38. The number of ether oxygens (including phenoxy) is 1. The summed E-state index contributed by atoms with van der Waals surface area (Å²) in [6, 6.07) is 0. The lowest BCUT2D eigenvalue weighted by atomic mass is 9.97. The minimum Gasteiger partial charge on any atom is -0.373 e. The number of methoxy groups -OCH3 is 1. The van der Waals surface area contributed by atoms with Crippen molar-refractivity contribution in [1.82, 2.24) is 10.1 Å². The molecule has 1 aromatic rings. The summed E-state index contributed by atoms with van der Waals surface area (Å²) in [5.41, 5.74) is 5.59. The fourth-order valence-electron chi connectivity index (χ4n) is 2.07. The van der Waals surface area contributed by atoms with Crippen LogP contribution in [-0.4, -0.2) is 23.8 Å². The Labute approximate surface area is 109 Å². The molecule has 5 heteroatoms. The molecule has 2 N–H and O–H groups in total. The SMILES string of the molecule is CCC(CCN)CCc1nc(C(CC)OC)no1. The van der Waals surface area contributed by atoms with Gasteiger partial charge in [0.2, 0.25) is 11.7 Å². The maximum Gasteiger partial charge on any atom is 0.226 e. The highest BCUT2D eigenvalue weighted by atomic mass is 16.5. The molecule has 0 aromatic carbocycles. The number of nitrogens with two attached hydrogens (primary N) is 1. The second kappa shape index (κ2) is 8.21. The molecule has 2 atom stereocenters. The van der Waals surface area contributed by atoms with E-state index in [9.17, 15) is 0 Å². The maximum atomic E-state index is 5.59. The number of aromatic nitrogens is 2. The quantitative estimate of drug-likeness (QED) is 0.733. The van der Waals surface area contributed by atoms with E-state index < -0.39 is 0 Å². The molecule has 0 saturated carbocycles. The maximum absolute atomic E-state index is 5.59. The minimum absolute atomic E-state index is 0.0616. The largest absolute Gasteiger partial charge is 0.373 e. The molecule has 1 aromatic heterocycles. The van der Waals surface area contributed by atoms with Gasteiger partial charge in [0.15, 0.2) is 0 Å². The molecule has 0 aliphatic heterocycles. The van der Waals surface area contributed by atoms with Gasteiger partial charge in [0.05, 0.1) is 0 Å². The first-order chi connectivity index (χ1) is 8.74. The lowest BCUT2D eigenvalue weighted by molar-refractivity contribution is 0.0903. The summed E-state index contributed by atoms with van der Waals surface area (Å²) >= 11 is 0. The van der Waals surface area contributed by atoms with Crippen molar-refractivity contribution < 1.29 is 9.26 Å². The Hall–Kier alpha value is -0.940. The van der Waals surface area contributed by atoms with Crippen molar-refractivity contribution in [2.75, 3.05) is 13.7 Å². The molecule has 0 aliphatic rings. The van der Waals surface area contributed by atoms with Crippen LogP contribution in [0.4, 0.5) is 0 Å². The third-order valence-electron chi connectivity index (χ3n) is 3.35. The molecule has 0 saturated heterocycles. The summed E-state index contributed by atoms with van der Waals surface area (Å²) < 4.78 is 10.5. The van der Waals surface area contributed by atoms with Gasteiger partial charge in [0.1, 0.15) is 6.10 Å². The highest BCUT2D eigenvalue weighted by Gasteiger charge is 2.16. The molecule has 0 spiro atoms. The van der Waals surface area contributed by atoms with Crippen LogP contribution in [0.2, 0.25) is 0 Å². The van der Waals surface area contributed by atoms with Crippen LogP contribution in [0.3, 0.4) is 0 Å². The van der Waals surface area contributed by atoms with Gasteiger partial charge in [-0.25, -0.2) is 0 Å². The molecule has 104 valence electrons. The van der Waals surface area contributed by atoms with E-state index in [1.807, 2.05) is 6.92 Å². The molecular formula is C13H25N3O2. The van der Waals surface area contributed by atoms with E-state index >= 15 is 0 Å². The Morgan fingerprint density at radius 1 is 1.28 bits per heavy atom. The standard InChI is InChI=1S/C13H25N3O2/c1-4-10(8-9-14)6-7-12-15-13(16-18-12)11(5-2)17-3/h10-11H,4-9,14H2,1-3H3. The minimum atomic E-state index is -0.0616. The summed E-state index contributed by atoms with van der Waals surface area (Å²) in [7, 11) is 1.67. The Morgan fingerprint density at radius 3 is 2.61 bits per heavy atom. The highest BCUT2D eigenvalue weighted by molar-refractivity contribution is 4.91. The molecule has 5 nitrogen and oxygen atoms in total. The van der Waals surface area contributed by atoms with Gasteiger partial charge >= 0.3 is 0 Å². The summed E-state index contributed by atoms with van der Waals surface area (Å²) in [4.78, 5) is 4.38. The van der Waals surface area contributed by atoms with Crippen molar-refractivity contribution >= 4 is 0 Å². The van der Waals surface area contributed by atoms with Gasteiger partial charge in [-0.2, -0.15) is 4.98 Å². The van der Waals surface area contributed by atoms with Gasteiger partial charge in [-0.1, -0.05) is 25.4 Å². The third-order valence-corrected chi connectivity index (χ3v) is 3.35. The van der Waals surface area contributed by atoms with Crippen LogP contribution in [0.15, 0.2) is 4.52 Å². The lowest BCUT2D eigenvalue weighted by Crippen LogP contribution is -2.09. The van der Waals surface area contributed by atoms with Crippen LogP contribution in [0.1, 0.15) is 57.3 Å². The van der Waals surface area contributed by atoms with Crippen LogP contribution in [0.25, 0.3) is 0 Å². The molecule has 0 radical (unpaired) electrons. The fraction of sp³-hybridized carbons (Fsp3) is 0.846. The van der Waals surface area contributed by atoms with Gasteiger partial charge in [0, 0.05) is 13.5 Å². The van der Waals surface area contributed by atoms with E-state index in [1.54, 1.807) is 7.11 Å². The lowest BCUT2D eigenvalue weighted by Gasteiger charge is -2.11. The topological polar surface area (TPSA) is 74.2 Å². The van der Waals surface area contributed by atoms with E-state index in [2.05, 4.69) is 17.1 Å². The Balaban J connectivity index is 2.48. The predicted octanol–water partition coefficient (Wildman–Crippen LogP) is 2.47. The monoisotopic (exact) mass is 255 g/mol. The molecule has 0 fully saturated rings. The highest BCUT2D eigenvalue weighted by Crippen LogP contribution is 2.19.